The molecule has 0 bridgehead atoms. The van der Waals surface area contributed by atoms with Crippen LogP contribution < -0.4 is 4.90 Å². The Labute approximate surface area is 100 Å². The molecule has 1 heterocycles. The predicted molar refractivity (Wildman–Crippen MR) is 61.1 cm³/mol. The van der Waals surface area contributed by atoms with Crippen molar-refractivity contribution in [3.8, 4) is 12.1 Å². The Morgan fingerprint density at radius 2 is 2.12 bits per heavy atom. The summed E-state index contributed by atoms with van der Waals surface area (Å²) in [4.78, 5) is 9.98. The number of hydrogen-bond acceptors (Lipinski definition) is 6. The van der Waals surface area contributed by atoms with Gasteiger partial charge in [-0.25, -0.2) is 9.97 Å². The van der Waals surface area contributed by atoms with Crippen molar-refractivity contribution in [2.75, 3.05) is 31.7 Å². The predicted octanol–water partition coefficient (Wildman–Crippen LogP) is 0.715. The quantitative estimate of drug-likeness (QED) is 0.716. The number of hydrogen-bond donors (Lipinski definition) is 0. The molecule has 0 fully saturated rings. The molecule has 0 aliphatic heterocycles. The Morgan fingerprint density at radius 3 is 2.65 bits per heavy atom. The molecular weight excluding hydrogens is 218 g/mol. The van der Waals surface area contributed by atoms with Gasteiger partial charge in [0.1, 0.15) is 11.9 Å². The fraction of sp³-hybridized carbons (Fsp3) is 0.455. The minimum absolute atomic E-state index is 0.278. The van der Waals surface area contributed by atoms with Crippen LogP contribution in [0.3, 0.4) is 0 Å². The summed E-state index contributed by atoms with van der Waals surface area (Å²) >= 11 is 0. The largest absolute Gasteiger partial charge is 0.383 e. The molecule has 0 aliphatic carbocycles. The zero-order chi connectivity index (χ0) is 12.5. The molecule has 1 rings (SSSR count). The zero-order valence-electron chi connectivity index (χ0n) is 9.63. The number of rotatable bonds is 6. The van der Waals surface area contributed by atoms with Crippen LogP contribution in [0.1, 0.15) is 12.1 Å². The Morgan fingerprint density at radius 1 is 1.29 bits per heavy atom. The Kier molecular flexibility index (Phi) is 5.42. The Hall–Kier alpha value is -2.18. The van der Waals surface area contributed by atoms with Crippen molar-refractivity contribution in [2.45, 2.75) is 6.42 Å². The third kappa shape index (κ3) is 4.06. The van der Waals surface area contributed by atoms with E-state index in [1.165, 1.54) is 12.4 Å². The van der Waals surface area contributed by atoms with E-state index in [4.69, 9.17) is 15.3 Å². The van der Waals surface area contributed by atoms with E-state index in [0.717, 1.165) is 0 Å². The Balaban J connectivity index is 2.73. The first-order valence-corrected chi connectivity index (χ1v) is 5.14. The summed E-state index contributed by atoms with van der Waals surface area (Å²) < 4.78 is 4.99. The molecular formula is C11H13N5O. The van der Waals surface area contributed by atoms with Gasteiger partial charge in [0.2, 0.25) is 0 Å². The summed E-state index contributed by atoms with van der Waals surface area (Å²) in [5.74, 6) is 0.649. The number of nitrogens with zero attached hydrogens (tertiary/aromatic N) is 5. The highest BCUT2D eigenvalue weighted by atomic mass is 16.5. The molecule has 1 aromatic heterocycles. The van der Waals surface area contributed by atoms with E-state index < -0.39 is 0 Å². The molecule has 6 nitrogen and oxygen atoms in total. The summed E-state index contributed by atoms with van der Waals surface area (Å²) in [6, 6.07) is 3.99. The Bertz CT molecular complexity index is 417. The van der Waals surface area contributed by atoms with Crippen molar-refractivity contribution in [3.05, 3.63) is 18.1 Å². The van der Waals surface area contributed by atoms with Gasteiger partial charge in [-0.3, -0.25) is 0 Å². The summed E-state index contributed by atoms with van der Waals surface area (Å²) in [5, 5.41) is 17.2. The van der Waals surface area contributed by atoms with Gasteiger partial charge >= 0.3 is 0 Å². The molecule has 0 N–H and O–H groups in total. The van der Waals surface area contributed by atoms with Crippen LogP contribution >= 0.6 is 0 Å². The van der Waals surface area contributed by atoms with Crippen LogP contribution in [0.5, 0.6) is 0 Å². The highest BCUT2D eigenvalue weighted by molar-refractivity contribution is 5.37. The van der Waals surface area contributed by atoms with Gasteiger partial charge in [-0.1, -0.05) is 0 Å². The molecule has 0 atom stereocenters. The molecule has 0 spiro atoms. The van der Waals surface area contributed by atoms with Crippen LogP contribution in [0.15, 0.2) is 12.4 Å². The lowest BCUT2D eigenvalue weighted by Gasteiger charge is -2.21. The summed E-state index contributed by atoms with van der Waals surface area (Å²) in [6.45, 7) is 1.76. The number of nitriles is 2. The van der Waals surface area contributed by atoms with Gasteiger partial charge in [0.15, 0.2) is 5.69 Å². The SMILES string of the molecule is COCCN(CCC#N)c1cnc(C#N)cn1. The average molecular weight is 231 g/mol. The first-order valence-electron chi connectivity index (χ1n) is 5.14. The van der Waals surface area contributed by atoms with Gasteiger partial charge in [-0.15, -0.1) is 0 Å². The van der Waals surface area contributed by atoms with Crippen LogP contribution in [-0.4, -0.2) is 36.8 Å². The second kappa shape index (κ2) is 7.15. The minimum Gasteiger partial charge on any atom is -0.383 e. The van der Waals surface area contributed by atoms with Gasteiger partial charge in [0.05, 0.1) is 31.5 Å². The second-order valence-electron chi connectivity index (χ2n) is 3.26. The van der Waals surface area contributed by atoms with E-state index in [9.17, 15) is 0 Å². The fourth-order valence-corrected chi connectivity index (χ4v) is 1.27. The fourth-order valence-electron chi connectivity index (χ4n) is 1.27. The molecule has 0 radical (unpaired) electrons. The van der Waals surface area contributed by atoms with Crippen molar-refractivity contribution < 1.29 is 4.74 Å². The van der Waals surface area contributed by atoms with Crippen LogP contribution in [0.4, 0.5) is 5.82 Å². The van der Waals surface area contributed by atoms with Crippen molar-refractivity contribution in [3.63, 3.8) is 0 Å². The molecule has 0 amide bonds. The van der Waals surface area contributed by atoms with Crippen molar-refractivity contribution >= 4 is 5.82 Å². The molecule has 0 aromatic carbocycles. The lowest BCUT2D eigenvalue weighted by molar-refractivity contribution is 0.205. The smallest absolute Gasteiger partial charge is 0.158 e. The van der Waals surface area contributed by atoms with E-state index in [2.05, 4.69) is 16.0 Å². The molecule has 17 heavy (non-hydrogen) atoms. The minimum atomic E-state index is 0.278. The maximum Gasteiger partial charge on any atom is 0.158 e. The van der Waals surface area contributed by atoms with Gasteiger partial charge in [-0.05, 0) is 0 Å². The summed E-state index contributed by atoms with van der Waals surface area (Å²) in [5.41, 5.74) is 0.278. The van der Waals surface area contributed by atoms with Crippen LogP contribution in [0.25, 0.3) is 0 Å². The van der Waals surface area contributed by atoms with E-state index in [1.54, 1.807) is 7.11 Å². The van der Waals surface area contributed by atoms with Crippen LogP contribution in [-0.2, 0) is 4.74 Å². The maximum atomic E-state index is 8.62. The normalized spacial score (nSPS) is 9.35. The molecule has 0 saturated carbocycles. The molecule has 6 heteroatoms. The third-order valence-electron chi connectivity index (χ3n) is 2.14. The first kappa shape index (κ1) is 12.9. The van der Waals surface area contributed by atoms with Gasteiger partial charge in [0.25, 0.3) is 0 Å². The number of methoxy groups -OCH3 is 1. The topological polar surface area (TPSA) is 85.8 Å². The molecule has 0 unspecified atom stereocenters. The standard InChI is InChI=1S/C11H13N5O/c1-17-6-5-16(4-2-3-12)11-9-14-10(7-13)8-15-11/h8-9H,2,4-6H2,1H3. The summed E-state index contributed by atoms with van der Waals surface area (Å²) in [6.07, 6.45) is 3.36. The lowest BCUT2D eigenvalue weighted by Crippen LogP contribution is -2.29. The van der Waals surface area contributed by atoms with Crippen LogP contribution in [0.2, 0.25) is 0 Å². The molecule has 0 aliphatic rings. The van der Waals surface area contributed by atoms with Gasteiger partial charge in [0, 0.05) is 20.2 Å². The third-order valence-corrected chi connectivity index (χ3v) is 2.14. The zero-order valence-corrected chi connectivity index (χ0v) is 9.63. The average Bonchev–Trinajstić information content (AvgIpc) is 2.39. The van der Waals surface area contributed by atoms with Gasteiger partial charge in [-0.2, -0.15) is 10.5 Å². The monoisotopic (exact) mass is 231 g/mol. The number of anilines is 1. The number of ether oxygens (including phenoxy) is 1. The van der Waals surface area contributed by atoms with Crippen molar-refractivity contribution in [1.82, 2.24) is 9.97 Å². The molecule has 88 valence electrons. The van der Waals surface area contributed by atoms with Crippen LogP contribution in [0, 0.1) is 22.7 Å². The maximum absolute atomic E-state index is 8.62. The number of aromatic nitrogens is 2. The highest BCUT2D eigenvalue weighted by Gasteiger charge is 2.07. The first-order chi connectivity index (χ1) is 8.31. The summed E-state index contributed by atoms with van der Waals surface area (Å²) in [7, 11) is 1.62. The van der Waals surface area contributed by atoms with Crippen molar-refractivity contribution in [1.29, 1.82) is 10.5 Å². The van der Waals surface area contributed by atoms with Crippen molar-refractivity contribution in [2.24, 2.45) is 0 Å². The van der Waals surface area contributed by atoms with E-state index in [-0.39, 0.29) is 5.69 Å². The highest BCUT2D eigenvalue weighted by Crippen LogP contribution is 2.09. The lowest BCUT2D eigenvalue weighted by atomic mass is 10.4. The van der Waals surface area contributed by atoms with E-state index in [1.807, 2.05) is 11.0 Å². The van der Waals surface area contributed by atoms with Gasteiger partial charge < -0.3 is 9.64 Å². The second-order valence-corrected chi connectivity index (χ2v) is 3.26. The molecule has 0 saturated heterocycles. The van der Waals surface area contributed by atoms with E-state index in [0.29, 0.717) is 31.9 Å². The molecule has 1 aromatic rings. The van der Waals surface area contributed by atoms with E-state index >= 15 is 0 Å².